The van der Waals surface area contributed by atoms with Gasteiger partial charge >= 0.3 is 21.1 Å². The van der Waals surface area contributed by atoms with Crippen molar-refractivity contribution < 1.29 is 25.8 Å². The number of allylic oxidation sites excluding steroid dienone is 17. The largest absolute Gasteiger partial charge is 2.00 e. The predicted molar refractivity (Wildman–Crippen MR) is 266 cm³/mol. The molecule has 1 aromatic heterocycles. The first kappa shape index (κ1) is 63.2. The molecule has 0 atom stereocenters. The molecule has 1 aliphatic heterocycles. The maximum atomic E-state index is 6.23. The van der Waals surface area contributed by atoms with Gasteiger partial charge in [-0.2, -0.15) is 0 Å². The third-order valence-electron chi connectivity index (χ3n) is 6.87. The smallest absolute Gasteiger partial charge is 0.657 e. The molecule has 0 saturated carbocycles. The van der Waals surface area contributed by atoms with Crippen molar-refractivity contribution in [3.63, 3.8) is 0 Å². The minimum atomic E-state index is 0. The molecule has 0 amide bonds. The van der Waals surface area contributed by atoms with Crippen molar-refractivity contribution in [3.05, 3.63) is 209 Å². The van der Waals surface area contributed by atoms with Gasteiger partial charge in [-0.1, -0.05) is 198 Å². The molecule has 0 unspecified atom stereocenters. The second-order valence-corrected chi connectivity index (χ2v) is 10.7. The summed E-state index contributed by atoms with van der Waals surface area (Å²) >= 11 is 0. The Hall–Kier alpha value is -4.99. The minimum Gasteiger partial charge on any atom is -0.657 e. The second kappa shape index (κ2) is 41.2. The van der Waals surface area contributed by atoms with Gasteiger partial charge in [0.25, 0.3) is 0 Å². The van der Waals surface area contributed by atoms with Crippen molar-refractivity contribution in [2.45, 2.75) is 118 Å². The first-order valence-corrected chi connectivity index (χ1v) is 20.8. The fourth-order valence-corrected chi connectivity index (χ4v) is 4.51. The van der Waals surface area contributed by atoms with Crippen LogP contribution < -0.4 is 4.74 Å². The summed E-state index contributed by atoms with van der Waals surface area (Å²) in [4.78, 5) is 9.70. The summed E-state index contributed by atoms with van der Waals surface area (Å²) in [5.74, 6) is 0.606. The number of rotatable bonds is 14. The Balaban J connectivity index is -0.000000818. The van der Waals surface area contributed by atoms with Crippen LogP contribution in [0.15, 0.2) is 198 Å². The van der Waals surface area contributed by atoms with Gasteiger partial charge in [0.1, 0.15) is 0 Å². The molecule has 0 fully saturated rings. The normalized spacial score (nSPS) is 13.4. The van der Waals surface area contributed by atoms with Crippen molar-refractivity contribution in [2.24, 2.45) is 4.99 Å². The Morgan fingerprint density at radius 1 is 0.797 bits per heavy atom. The molecule has 326 valence electrons. The van der Waals surface area contributed by atoms with Crippen molar-refractivity contribution in [2.75, 3.05) is 0 Å². The van der Waals surface area contributed by atoms with Crippen LogP contribution in [0.25, 0.3) is 16.2 Å². The quantitative estimate of drug-likeness (QED) is 0.106. The molecule has 0 spiro atoms. The van der Waals surface area contributed by atoms with E-state index in [0.717, 1.165) is 56.2 Å². The molecule has 2 rings (SSSR count). The zero-order valence-electron chi connectivity index (χ0n) is 39.9. The number of hydrogen-bond donors (Lipinski definition) is 0. The third kappa shape index (κ3) is 22.7. The first-order valence-electron chi connectivity index (χ1n) is 20.8. The summed E-state index contributed by atoms with van der Waals surface area (Å²) < 4.78 is 6.23. The van der Waals surface area contributed by atoms with Gasteiger partial charge in [0.05, 0.1) is 11.4 Å². The molecule has 5 nitrogen and oxygen atoms in total. The van der Waals surface area contributed by atoms with E-state index in [0.29, 0.717) is 17.3 Å². The molecular weight excluding hydrogens is 904 g/mol. The van der Waals surface area contributed by atoms with Crippen LogP contribution in [0.3, 0.4) is 0 Å². The van der Waals surface area contributed by atoms with E-state index in [4.69, 9.17) is 25.3 Å². The van der Waals surface area contributed by atoms with E-state index < -0.39 is 0 Å². The molecule has 6 heteroatoms. The Morgan fingerprint density at radius 3 is 1.85 bits per heavy atom. The fourth-order valence-electron chi connectivity index (χ4n) is 4.51. The third-order valence-corrected chi connectivity index (χ3v) is 6.87. The van der Waals surface area contributed by atoms with Gasteiger partial charge in [-0.3, -0.25) is 0 Å². The average molecular weight is 982 g/mol. The van der Waals surface area contributed by atoms with Gasteiger partial charge in [-0.05, 0) is 82.9 Å². The molecule has 59 heavy (non-hydrogen) atoms. The van der Waals surface area contributed by atoms with Crippen LogP contribution in [0, 0.1) is 0 Å². The fraction of sp³-hybridized carbons (Fsp3) is 0.321. The number of aliphatic imine (C=N–C) groups is 1. The first-order chi connectivity index (χ1) is 28.1. The van der Waals surface area contributed by atoms with Crippen molar-refractivity contribution in [1.29, 1.82) is 0 Å². The minimum absolute atomic E-state index is 0. The molecule has 0 aliphatic carbocycles. The molecule has 1 aliphatic rings. The Bertz CT molecular complexity index is 1770. The van der Waals surface area contributed by atoms with Gasteiger partial charge in [0.15, 0.2) is 0 Å². The van der Waals surface area contributed by atoms with Gasteiger partial charge in [-0.25, -0.2) is 9.98 Å². The topological polar surface area (TPSA) is 62.7 Å². The van der Waals surface area contributed by atoms with Gasteiger partial charge in [0.2, 0.25) is 11.8 Å². The summed E-state index contributed by atoms with van der Waals surface area (Å²) in [5, 5.41) is 10.0. The van der Waals surface area contributed by atoms with Crippen LogP contribution in [0.5, 0.6) is 5.88 Å². The molecule has 0 aromatic carbocycles. The van der Waals surface area contributed by atoms with E-state index in [1.807, 2.05) is 185 Å². The number of hydrogen-bond acceptors (Lipinski definition) is 3. The number of pyridine rings is 1. The second-order valence-electron chi connectivity index (χ2n) is 10.7. The molecule has 0 bridgehead atoms. The van der Waals surface area contributed by atoms with Crippen molar-refractivity contribution in [3.8, 4) is 5.88 Å². The monoisotopic (exact) mass is 982 g/mol. The van der Waals surface area contributed by atoms with E-state index in [9.17, 15) is 0 Å². The van der Waals surface area contributed by atoms with E-state index in [2.05, 4.69) is 32.9 Å². The van der Waals surface area contributed by atoms with Gasteiger partial charge < -0.3 is 15.4 Å². The molecule has 0 N–H and O–H groups in total. The van der Waals surface area contributed by atoms with Crippen molar-refractivity contribution >= 4 is 11.5 Å². The molecule has 0 saturated heterocycles. The van der Waals surface area contributed by atoms with Crippen molar-refractivity contribution in [1.82, 2.24) is 4.98 Å². The molecule has 0 radical (unpaired) electrons. The average Bonchev–Trinajstić information content (AvgIpc) is 3.44. The maximum absolute atomic E-state index is 6.23. The van der Waals surface area contributed by atoms with Crippen LogP contribution in [0.4, 0.5) is 0 Å². The van der Waals surface area contributed by atoms with E-state index in [1.54, 1.807) is 36.4 Å². The number of aromatic nitrogens is 1. The molecule has 1 aromatic rings. The Kier molecular flexibility index (Phi) is 44.1. The summed E-state index contributed by atoms with van der Waals surface area (Å²) in [6.07, 6.45) is 26.1. The van der Waals surface area contributed by atoms with Crippen LogP contribution in [-0.2, 0) is 21.1 Å². The summed E-state index contributed by atoms with van der Waals surface area (Å²) in [6.45, 7) is 53.7. The Morgan fingerprint density at radius 2 is 1.41 bits per heavy atom. The number of ether oxygens (including phenoxy) is 1. The van der Waals surface area contributed by atoms with Crippen LogP contribution >= 0.6 is 0 Å². The summed E-state index contributed by atoms with van der Waals surface area (Å²) in [6, 6.07) is 5.57. The zero-order chi connectivity index (χ0) is 45.6. The Labute approximate surface area is 377 Å². The van der Waals surface area contributed by atoms with Crippen LogP contribution in [0.2, 0.25) is 0 Å². The summed E-state index contributed by atoms with van der Waals surface area (Å²) in [7, 11) is 0. The zero-order valence-corrected chi connectivity index (χ0v) is 42.1. The SMILES string of the molecule is C=C/C=C\C([N-]C(=C(C)C)/C(=C\C=C)c1cccc(OC(C=C)=NC(=C\C)/C(C=C)=C2\[N-]C(/C=C\C)=C(C=C)C=C\C2=C\C)n1)=C(C)C.CC.CC.CC.CC.CC.[Pt+2]. The van der Waals surface area contributed by atoms with Gasteiger partial charge in [0, 0.05) is 6.07 Å². The number of nitrogens with zero attached hydrogens (tertiary/aromatic N) is 4. The van der Waals surface area contributed by atoms with Crippen LogP contribution in [0.1, 0.15) is 123 Å². The van der Waals surface area contributed by atoms with E-state index in [1.165, 1.54) is 0 Å². The summed E-state index contributed by atoms with van der Waals surface area (Å²) in [5.41, 5.74) is 9.88. The predicted octanol–water partition coefficient (Wildman–Crippen LogP) is 17.7. The van der Waals surface area contributed by atoms with Crippen LogP contribution in [-0.4, -0.2) is 10.9 Å². The molecular formula is C53H78N4OPt. The molecule has 2 heterocycles. The van der Waals surface area contributed by atoms with Gasteiger partial charge in [-0.15, -0.1) is 22.8 Å². The standard InChI is InChI=1S/C43H48N4O.5C2H6.Pt/c1-13-21-25-37(30(9)10)46-42(31(11)12)35(23-14-2)39-26-22-27-41(45-39)48-40(20-8)44-36(19-7)34(18-6)43-33(17-5)29-28-32(16-4)38(47-43)24-15-3;5*1-2;/h13-29H,1-2,4,6,8H2,3,5,7,9-12H3;5*1-2H3;/q-2;;;;;;+2/b24-15-,25-21-,33-17-,35-23-,36-19-,43-34-,44-40?;;;;;;. The van der Waals surface area contributed by atoms with E-state index in [-0.39, 0.29) is 27.0 Å². The van der Waals surface area contributed by atoms with E-state index >= 15 is 0 Å². The maximum Gasteiger partial charge on any atom is 2.00 e.